The zero-order valence-corrected chi connectivity index (χ0v) is 9.93. The van der Waals surface area contributed by atoms with E-state index in [1.165, 1.54) is 18.6 Å². The first-order valence-corrected chi connectivity index (χ1v) is 6.11. The van der Waals surface area contributed by atoms with Crippen LogP contribution in [0.15, 0.2) is 16.5 Å². The fraction of sp³-hybridized carbons (Fsp3) is 0.417. The van der Waals surface area contributed by atoms with Gasteiger partial charge in [0, 0.05) is 6.07 Å². The predicted molar refractivity (Wildman–Crippen MR) is 63.6 cm³/mol. The Balaban J connectivity index is 2.00. The summed E-state index contributed by atoms with van der Waals surface area (Å²) in [6.07, 6.45) is 3.34. The summed E-state index contributed by atoms with van der Waals surface area (Å²) in [5.41, 5.74) is 1.06. The summed E-state index contributed by atoms with van der Waals surface area (Å²) in [6.45, 7) is 0.971. The van der Waals surface area contributed by atoms with Gasteiger partial charge in [-0.05, 0) is 25.5 Å². The van der Waals surface area contributed by atoms with Crippen molar-refractivity contribution < 1.29 is 8.81 Å². The zero-order chi connectivity index (χ0) is 11.8. The molecule has 1 atom stereocenters. The molecule has 0 aliphatic carbocycles. The van der Waals surface area contributed by atoms with E-state index in [0.717, 1.165) is 19.4 Å². The Morgan fingerprint density at radius 1 is 1.41 bits per heavy atom. The first kappa shape index (κ1) is 11.0. The van der Waals surface area contributed by atoms with E-state index < -0.39 is 5.82 Å². The topological polar surface area (TPSA) is 38.1 Å². The van der Waals surface area contributed by atoms with Crippen LogP contribution in [0.3, 0.4) is 0 Å². The third-order valence-corrected chi connectivity index (χ3v) is 3.35. The molecule has 0 spiro atoms. The molecule has 2 aromatic rings. The van der Waals surface area contributed by atoms with Crippen LogP contribution in [0.4, 0.5) is 4.39 Å². The highest BCUT2D eigenvalue weighted by Gasteiger charge is 2.20. The number of benzene rings is 1. The van der Waals surface area contributed by atoms with Gasteiger partial charge in [0.1, 0.15) is 11.3 Å². The number of rotatable bonds is 1. The van der Waals surface area contributed by atoms with E-state index in [4.69, 9.17) is 16.0 Å². The van der Waals surface area contributed by atoms with Crippen molar-refractivity contribution in [1.29, 1.82) is 0 Å². The Morgan fingerprint density at radius 3 is 3.06 bits per heavy atom. The quantitative estimate of drug-likeness (QED) is 0.847. The maximum atomic E-state index is 13.3. The molecule has 1 aliphatic heterocycles. The summed E-state index contributed by atoms with van der Waals surface area (Å²) >= 11 is 5.71. The molecule has 1 aromatic carbocycles. The highest BCUT2D eigenvalue weighted by Crippen LogP contribution is 2.28. The SMILES string of the molecule is Fc1cc2oc(C3CCCCN3)nc2cc1Cl. The molecule has 1 unspecified atom stereocenters. The van der Waals surface area contributed by atoms with Gasteiger partial charge in [-0.2, -0.15) is 0 Å². The molecular formula is C12H12ClFN2O. The molecule has 0 bridgehead atoms. The van der Waals surface area contributed by atoms with Gasteiger partial charge in [-0.3, -0.25) is 0 Å². The van der Waals surface area contributed by atoms with Crippen LogP contribution in [0.25, 0.3) is 11.1 Å². The molecule has 1 fully saturated rings. The van der Waals surface area contributed by atoms with Crippen LogP contribution in [0.5, 0.6) is 0 Å². The number of oxazole rings is 1. The van der Waals surface area contributed by atoms with Gasteiger partial charge < -0.3 is 9.73 Å². The normalized spacial score (nSPS) is 20.9. The molecule has 1 aromatic heterocycles. The number of nitrogens with one attached hydrogen (secondary N) is 1. The van der Waals surface area contributed by atoms with Crippen molar-refractivity contribution in [3.8, 4) is 0 Å². The second kappa shape index (κ2) is 4.27. The van der Waals surface area contributed by atoms with Gasteiger partial charge in [-0.15, -0.1) is 0 Å². The summed E-state index contributed by atoms with van der Waals surface area (Å²) < 4.78 is 18.8. The summed E-state index contributed by atoms with van der Waals surface area (Å²) in [5.74, 6) is 0.153. The van der Waals surface area contributed by atoms with E-state index in [2.05, 4.69) is 10.3 Å². The van der Waals surface area contributed by atoms with Gasteiger partial charge in [0.2, 0.25) is 5.89 Å². The Bertz CT molecular complexity index is 510. The predicted octanol–water partition coefficient (Wildman–Crippen LogP) is 3.43. The van der Waals surface area contributed by atoms with Crippen molar-refractivity contribution in [1.82, 2.24) is 10.3 Å². The van der Waals surface area contributed by atoms with Crippen molar-refractivity contribution >= 4 is 22.7 Å². The maximum absolute atomic E-state index is 13.3. The van der Waals surface area contributed by atoms with Crippen LogP contribution >= 0.6 is 11.6 Å². The lowest BCUT2D eigenvalue weighted by Gasteiger charge is -2.19. The van der Waals surface area contributed by atoms with Crippen molar-refractivity contribution in [3.63, 3.8) is 0 Å². The molecule has 1 aliphatic rings. The lowest BCUT2D eigenvalue weighted by molar-refractivity contribution is 0.347. The molecule has 3 nitrogen and oxygen atoms in total. The molecule has 90 valence electrons. The average Bonchev–Trinajstić information content (AvgIpc) is 2.74. The second-order valence-corrected chi connectivity index (χ2v) is 4.70. The number of aromatic nitrogens is 1. The Labute approximate surface area is 103 Å². The Kier molecular flexibility index (Phi) is 2.76. The van der Waals surface area contributed by atoms with Gasteiger partial charge in [0.25, 0.3) is 0 Å². The van der Waals surface area contributed by atoms with E-state index in [1.807, 2.05) is 0 Å². The van der Waals surface area contributed by atoms with Gasteiger partial charge >= 0.3 is 0 Å². The molecule has 17 heavy (non-hydrogen) atoms. The van der Waals surface area contributed by atoms with Crippen molar-refractivity contribution in [2.75, 3.05) is 6.54 Å². The van der Waals surface area contributed by atoms with Crippen molar-refractivity contribution in [3.05, 3.63) is 28.9 Å². The monoisotopic (exact) mass is 254 g/mol. The summed E-state index contributed by atoms with van der Waals surface area (Å²) in [7, 11) is 0. The Morgan fingerprint density at radius 2 is 2.29 bits per heavy atom. The fourth-order valence-electron chi connectivity index (χ4n) is 2.15. The van der Waals surface area contributed by atoms with E-state index in [0.29, 0.717) is 17.0 Å². The van der Waals surface area contributed by atoms with Gasteiger partial charge in [-0.1, -0.05) is 18.0 Å². The van der Waals surface area contributed by atoms with Gasteiger partial charge in [-0.25, -0.2) is 9.37 Å². The van der Waals surface area contributed by atoms with Crippen molar-refractivity contribution in [2.24, 2.45) is 0 Å². The molecule has 3 rings (SSSR count). The minimum Gasteiger partial charge on any atom is -0.439 e. The summed E-state index contributed by atoms with van der Waals surface area (Å²) in [5, 5.41) is 3.42. The van der Waals surface area contributed by atoms with Gasteiger partial charge in [0.15, 0.2) is 5.58 Å². The van der Waals surface area contributed by atoms with Crippen molar-refractivity contribution in [2.45, 2.75) is 25.3 Å². The lowest BCUT2D eigenvalue weighted by Crippen LogP contribution is -2.26. The highest BCUT2D eigenvalue weighted by atomic mass is 35.5. The lowest BCUT2D eigenvalue weighted by atomic mass is 10.1. The highest BCUT2D eigenvalue weighted by molar-refractivity contribution is 6.31. The molecule has 0 amide bonds. The van der Waals surface area contributed by atoms with Crippen LogP contribution in [-0.4, -0.2) is 11.5 Å². The van der Waals surface area contributed by atoms with E-state index in [1.54, 1.807) is 0 Å². The molecule has 5 heteroatoms. The molecule has 1 N–H and O–H groups in total. The maximum Gasteiger partial charge on any atom is 0.212 e. The molecule has 2 heterocycles. The third kappa shape index (κ3) is 2.03. The number of nitrogens with zero attached hydrogens (tertiary/aromatic N) is 1. The average molecular weight is 255 g/mol. The smallest absolute Gasteiger partial charge is 0.212 e. The number of piperidine rings is 1. The number of fused-ring (bicyclic) bond motifs is 1. The minimum atomic E-state index is -0.474. The van der Waals surface area contributed by atoms with Crippen LogP contribution in [-0.2, 0) is 0 Å². The summed E-state index contributed by atoms with van der Waals surface area (Å²) in [6, 6.07) is 2.93. The first-order chi connectivity index (χ1) is 8.24. The standard InChI is InChI=1S/C12H12ClFN2O/c13-7-5-10-11(6-8(7)14)17-12(16-10)9-3-1-2-4-15-9/h5-6,9,15H,1-4H2. The first-order valence-electron chi connectivity index (χ1n) is 5.73. The second-order valence-electron chi connectivity index (χ2n) is 4.29. The van der Waals surface area contributed by atoms with E-state index in [-0.39, 0.29) is 11.1 Å². The number of halogens is 2. The van der Waals surface area contributed by atoms with Crippen LogP contribution in [0, 0.1) is 5.82 Å². The van der Waals surface area contributed by atoms with E-state index in [9.17, 15) is 4.39 Å². The largest absolute Gasteiger partial charge is 0.439 e. The molecule has 0 radical (unpaired) electrons. The van der Waals surface area contributed by atoms with Crippen LogP contribution in [0.1, 0.15) is 31.2 Å². The number of hydrogen-bond donors (Lipinski definition) is 1. The number of hydrogen-bond acceptors (Lipinski definition) is 3. The third-order valence-electron chi connectivity index (χ3n) is 3.06. The molecule has 0 saturated carbocycles. The van der Waals surface area contributed by atoms with Crippen LogP contribution in [0.2, 0.25) is 5.02 Å². The molecular weight excluding hydrogens is 243 g/mol. The van der Waals surface area contributed by atoms with Crippen LogP contribution < -0.4 is 5.32 Å². The Hall–Kier alpha value is -1.13. The molecule has 1 saturated heterocycles. The summed E-state index contributed by atoms with van der Waals surface area (Å²) in [4.78, 5) is 4.36. The fourth-order valence-corrected chi connectivity index (χ4v) is 2.31. The zero-order valence-electron chi connectivity index (χ0n) is 9.17. The minimum absolute atomic E-state index is 0.0777. The van der Waals surface area contributed by atoms with E-state index >= 15 is 0 Å². The van der Waals surface area contributed by atoms with Gasteiger partial charge in [0.05, 0.1) is 11.1 Å².